The molecule has 0 aromatic carbocycles. The normalized spacial score (nSPS) is 6.09. The lowest BCUT2D eigenvalue weighted by Gasteiger charge is -1.84. The Morgan fingerprint density at radius 1 is 1.73 bits per heavy atom. The van der Waals surface area contributed by atoms with E-state index >= 15 is 0 Å². The summed E-state index contributed by atoms with van der Waals surface area (Å²) in [5.41, 5.74) is 0. The molecule has 0 bridgehead atoms. The van der Waals surface area contributed by atoms with Crippen molar-refractivity contribution in [2.45, 2.75) is 6.42 Å². The van der Waals surface area contributed by atoms with Gasteiger partial charge in [-0.25, -0.2) is 0 Å². The Bertz CT molecular complexity index is 169. The second-order valence-corrected chi connectivity index (χ2v) is 1.24. The van der Waals surface area contributed by atoms with Crippen molar-refractivity contribution in [3.8, 4) is 6.26 Å². The lowest BCUT2D eigenvalue weighted by Crippen LogP contribution is -1.95. The first-order chi connectivity index (χ1) is 5.22. The molecule has 0 aliphatic heterocycles. The highest BCUT2D eigenvalue weighted by atomic mass is 16.5. The zero-order chi connectivity index (χ0) is 9.11. The zero-order valence-electron chi connectivity index (χ0n) is 5.99. The zero-order valence-corrected chi connectivity index (χ0v) is 5.99. The number of rotatable bonds is 2. The van der Waals surface area contributed by atoms with E-state index in [-0.39, 0.29) is 6.42 Å². The van der Waals surface area contributed by atoms with Crippen LogP contribution in [0.4, 0.5) is 0 Å². The molecule has 0 saturated heterocycles. The monoisotopic (exact) mass is 155 g/mol. The number of nitrogens with zero attached hydrogens (tertiary/aromatic N) is 1. The summed E-state index contributed by atoms with van der Waals surface area (Å²) in [6, 6.07) is 0. The molecule has 4 heteroatoms. The van der Waals surface area contributed by atoms with Crippen LogP contribution < -0.4 is 0 Å². The number of carbonyl (C=O) groups excluding carboxylic acids is 1. The first-order valence-electron chi connectivity index (χ1n) is 2.67. The summed E-state index contributed by atoms with van der Waals surface area (Å²) < 4.78 is 3.88. The minimum Gasteiger partial charge on any atom is -0.516 e. The molecule has 0 radical (unpaired) electrons. The van der Waals surface area contributed by atoms with E-state index in [1.165, 1.54) is 12.3 Å². The van der Waals surface area contributed by atoms with Gasteiger partial charge in [0.15, 0.2) is 0 Å². The van der Waals surface area contributed by atoms with E-state index in [1.807, 2.05) is 0 Å². The van der Waals surface area contributed by atoms with E-state index in [0.29, 0.717) is 0 Å². The van der Waals surface area contributed by atoms with Crippen LogP contribution in [0, 0.1) is 11.5 Å². The maximum Gasteiger partial charge on any atom is 0.325 e. The third kappa shape index (κ3) is 17.8. The van der Waals surface area contributed by atoms with Crippen LogP contribution in [-0.4, -0.2) is 11.1 Å². The van der Waals surface area contributed by atoms with Crippen LogP contribution in [0.15, 0.2) is 25.5 Å². The van der Waals surface area contributed by atoms with Crippen molar-refractivity contribution in [1.82, 2.24) is 0 Å². The molecule has 0 atom stereocenters. The van der Waals surface area contributed by atoms with E-state index < -0.39 is 5.97 Å². The number of aliphatic hydroxyl groups excluding tert-OH is 1. The number of esters is 1. The molecular formula is C7H9NO3. The quantitative estimate of drug-likeness (QED) is 0.282. The summed E-state index contributed by atoms with van der Waals surface area (Å²) >= 11 is 0. The van der Waals surface area contributed by atoms with Gasteiger partial charge in [0, 0.05) is 0 Å². The van der Waals surface area contributed by atoms with E-state index in [1.54, 1.807) is 0 Å². The van der Waals surface area contributed by atoms with Crippen molar-refractivity contribution in [3.63, 3.8) is 0 Å². The molecule has 0 aliphatic rings. The lowest BCUT2D eigenvalue weighted by molar-refractivity contribution is -0.136. The van der Waals surface area contributed by atoms with Gasteiger partial charge in [-0.1, -0.05) is 12.7 Å². The summed E-state index contributed by atoms with van der Waals surface area (Å²) in [5, 5.41) is 15.1. The second-order valence-electron chi connectivity index (χ2n) is 1.24. The molecule has 11 heavy (non-hydrogen) atoms. The topological polar surface area (TPSA) is 70.3 Å². The number of nitriles is 1. The molecule has 60 valence electrons. The molecule has 0 fully saturated rings. The van der Waals surface area contributed by atoms with Crippen LogP contribution in [0.25, 0.3) is 0 Å². The number of aliphatic hydroxyl groups is 1. The van der Waals surface area contributed by atoms with Crippen molar-refractivity contribution in [2.75, 3.05) is 0 Å². The summed E-state index contributed by atoms with van der Waals surface area (Å²) in [7, 11) is 0. The standard InChI is InChI=1S/C5H5NO2.C2H4O/c1-2-3-5(7)8-4-6;1-2-3/h2H,1,3H2;2-3H,1H2. The predicted molar refractivity (Wildman–Crippen MR) is 39.3 cm³/mol. The molecule has 0 unspecified atom stereocenters. The van der Waals surface area contributed by atoms with Crippen LogP contribution >= 0.6 is 0 Å². The van der Waals surface area contributed by atoms with Crippen molar-refractivity contribution in [2.24, 2.45) is 0 Å². The maximum absolute atomic E-state index is 10.1. The van der Waals surface area contributed by atoms with Crippen molar-refractivity contribution < 1.29 is 14.6 Å². The second kappa shape index (κ2) is 11.1. The van der Waals surface area contributed by atoms with Crippen LogP contribution in [0.5, 0.6) is 0 Å². The minimum atomic E-state index is -0.567. The van der Waals surface area contributed by atoms with Gasteiger partial charge >= 0.3 is 5.97 Å². The Labute approximate surface area is 65.0 Å². The molecular weight excluding hydrogens is 146 g/mol. The van der Waals surface area contributed by atoms with Gasteiger partial charge in [0.05, 0.1) is 12.7 Å². The smallest absolute Gasteiger partial charge is 0.325 e. The Morgan fingerprint density at radius 3 is 2.45 bits per heavy atom. The molecule has 0 amide bonds. The van der Waals surface area contributed by atoms with Gasteiger partial charge < -0.3 is 9.84 Å². The summed E-state index contributed by atoms with van der Waals surface area (Å²) in [6.07, 6.45) is 3.47. The Hall–Kier alpha value is -1.76. The van der Waals surface area contributed by atoms with Crippen molar-refractivity contribution >= 4 is 5.97 Å². The van der Waals surface area contributed by atoms with E-state index in [2.05, 4.69) is 17.9 Å². The number of ether oxygens (including phenoxy) is 1. The fourth-order valence-corrected chi connectivity index (χ4v) is 0.210. The SMILES string of the molecule is C=CCC(=O)OC#N.C=CO. The van der Waals surface area contributed by atoms with Crippen molar-refractivity contribution in [1.29, 1.82) is 5.26 Å². The van der Waals surface area contributed by atoms with Crippen LogP contribution in [0.3, 0.4) is 0 Å². The van der Waals surface area contributed by atoms with Gasteiger partial charge in [-0.05, 0) is 0 Å². The number of hydrogen-bond acceptors (Lipinski definition) is 4. The fraction of sp³-hybridized carbons (Fsp3) is 0.143. The predicted octanol–water partition coefficient (Wildman–Crippen LogP) is 1.27. The van der Waals surface area contributed by atoms with Gasteiger partial charge in [0.2, 0.25) is 0 Å². The average molecular weight is 155 g/mol. The Kier molecular flexibility index (Phi) is 12.1. The van der Waals surface area contributed by atoms with Crippen LogP contribution in [0.2, 0.25) is 0 Å². The summed E-state index contributed by atoms with van der Waals surface area (Å²) in [6.45, 7) is 6.19. The molecule has 0 aromatic heterocycles. The van der Waals surface area contributed by atoms with Crippen molar-refractivity contribution in [3.05, 3.63) is 25.5 Å². The molecule has 0 aromatic rings. The highest BCUT2D eigenvalue weighted by Crippen LogP contribution is 1.82. The number of carbonyl (C=O) groups is 1. The fourth-order valence-electron chi connectivity index (χ4n) is 0.210. The molecule has 0 rings (SSSR count). The van der Waals surface area contributed by atoms with Gasteiger partial charge in [-0.3, -0.25) is 4.79 Å². The van der Waals surface area contributed by atoms with E-state index in [0.717, 1.165) is 6.26 Å². The van der Waals surface area contributed by atoms with E-state index in [9.17, 15) is 4.79 Å². The highest BCUT2D eigenvalue weighted by molar-refractivity contribution is 5.71. The molecule has 0 aliphatic carbocycles. The highest BCUT2D eigenvalue weighted by Gasteiger charge is 1.94. The van der Waals surface area contributed by atoms with Gasteiger partial charge in [0.25, 0.3) is 6.26 Å². The third-order valence-corrected chi connectivity index (χ3v) is 0.470. The molecule has 0 heterocycles. The van der Waals surface area contributed by atoms with E-state index in [4.69, 9.17) is 10.4 Å². The van der Waals surface area contributed by atoms with Crippen LogP contribution in [0.1, 0.15) is 6.42 Å². The minimum absolute atomic E-state index is 0.0908. The largest absolute Gasteiger partial charge is 0.516 e. The number of hydrogen-bond donors (Lipinski definition) is 1. The van der Waals surface area contributed by atoms with Gasteiger partial charge in [0.1, 0.15) is 0 Å². The summed E-state index contributed by atoms with van der Waals surface area (Å²) in [5.74, 6) is -0.567. The molecule has 4 nitrogen and oxygen atoms in total. The van der Waals surface area contributed by atoms with Gasteiger partial charge in [-0.2, -0.15) is 0 Å². The van der Waals surface area contributed by atoms with Gasteiger partial charge in [-0.15, -0.1) is 11.8 Å². The molecule has 1 N–H and O–H groups in total. The Morgan fingerprint density at radius 2 is 2.18 bits per heavy atom. The maximum atomic E-state index is 10.1. The molecule has 0 spiro atoms. The van der Waals surface area contributed by atoms with Crippen LogP contribution in [-0.2, 0) is 9.53 Å². The summed E-state index contributed by atoms with van der Waals surface area (Å²) in [4.78, 5) is 10.1. The first-order valence-corrected chi connectivity index (χ1v) is 2.67. The molecule has 0 saturated carbocycles. The lowest BCUT2D eigenvalue weighted by atomic mass is 10.4. The Balaban J connectivity index is 0. The average Bonchev–Trinajstić information content (AvgIpc) is 1.90. The first kappa shape index (κ1) is 12.0. The third-order valence-electron chi connectivity index (χ3n) is 0.470.